The number of rotatable bonds is 0. The first-order chi connectivity index (χ1) is 4.43. The van der Waals surface area contributed by atoms with E-state index in [1.807, 2.05) is 24.3 Å². The molecular formula is C7H6ClN. The Hall–Kier alpha value is -0.820. The lowest BCUT2D eigenvalue weighted by Gasteiger charge is -1.83. The molecule has 0 aromatic carbocycles. The van der Waals surface area contributed by atoms with Crippen LogP contribution in [0, 0.1) is 0 Å². The Morgan fingerprint density at radius 1 is 1.33 bits per heavy atom. The molecule has 46 valence electrons. The zero-order valence-electron chi connectivity index (χ0n) is 4.79. The molecule has 0 N–H and O–H groups in total. The summed E-state index contributed by atoms with van der Waals surface area (Å²) in [6.07, 6.45) is 9.18. The molecule has 0 saturated heterocycles. The summed E-state index contributed by atoms with van der Waals surface area (Å²) < 4.78 is 0. The number of nitrogens with zero attached hydrogens (tertiary/aromatic N) is 1. The van der Waals surface area contributed by atoms with Crippen molar-refractivity contribution in [2.75, 3.05) is 0 Å². The van der Waals surface area contributed by atoms with E-state index in [0.29, 0.717) is 0 Å². The first kappa shape index (κ1) is 6.30. The highest BCUT2D eigenvalue weighted by Gasteiger charge is 1.83. The lowest BCUT2D eigenvalue weighted by molar-refractivity contribution is 1.45. The molecule has 1 aliphatic heterocycles. The number of hydrogen-bond acceptors (Lipinski definition) is 1. The van der Waals surface area contributed by atoms with Crippen LogP contribution in [0.25, 0.3) is 0 Å². The fraction of sp³-hybridized carbons (Fsp3) is 0. The van der Waals surface area contributed by atoms with Gasteiger partial charge in [0.25, 0.3) is 0 Å². The summed E-state index contributed by atoms with van der Waals surface area (Å²) in [5, 5.41) is 0. The summed E-state index contributed by atoms with van der Waals surface area (Å²) in [5.74, 6) is 0. The van der Waals surface area contributed by atoms with Crippen LogP contribution >= 0.6 is 11.6 Å². The maximum absolute atomic E-state index is 5.40. The summed E-state index contributed by atoms with van der Waals surface area (Å²) in [5.41, 5.74) is 2.22. The number of hydrogen-bond donors (Lipinski definition) is 0. The van der Waals surface area contributed by atoms with Crippen molar-refractivity contribution in [2.24, 2.45) is 4.99 Å². The van der Waals surface area contributed by atoms with Gasteiger partial charge in [-0.2, -0.15) is 0 Å². The van der Waals surface area contributed by atoms with Crippen molar-refractivity contribution < 1.29 is 0 Å². The van der Waals surface area contributed by atoms with E-state index in [4.69, 9.17) is 11.6 Å². The lowest BCUT2D eigenvalue weighted by Crippen LogP contribution is -1.66. The Balaban J connectivity index is 2.82. The zero-order chi connectivity index (χ0) is 6.53. The molecule has 1 heterocycles. The van der Waals surface area contributed by atoms with Gasteiger partial charge in [0, 0.05) is 11.7 Å². The molecule has 0 bridgehead atoms. The van der Waals surface area contributed by atoms with E-state index >= 15 is 0 Å². The van der Waals surface area contributed by atoms with Crippen LogP contribution in [0.15, 0.2) is 40.5 Å². The quantitative estimate of drug-likeness (QED) is 0.488. The molecule has 1 nitrogen and oxygen atoms in total. The van der Waals surface area contributed by atoms with Gasteiger partial charge in [-0.15, -0.1) is 0 Å². The van der Waals surface area contributed by atoms with Gasteiger partial charge in [-0.1, -0.05) is 23.8 Å². The van der Waals surface area contributed by atoms with E-state index < -0.39 is 0 Å². The van der Waals surface area contributed by atoms with Crippen LogP contribution in [0.5, 0.6) is 0 Å². The fourth-order valence-electron chi connectivity index (χ4n) is 0.505. The average molecular weight is 140 g/mol. The monoisotopic (exact) mass is 139 g/mol. The second-order valence-corrected chi connectivity index (χ2v) is 1.77. The highest BCUT2D eigenvalue weighted by atomic mass is 35.5. The standard InChI is InChI=1S/C7H6ClN/c8-6-7-4-2-1-3-5-9-7/h1-6H. The third-order valence-corrected chi connectivity index (χ3v) is 1.13. The molecule has 0 amide bonds. The van der Waals surface area contributed by atoms with Crippen LogP contribution in [-0.4, -0.2) is 6.21 Å². The molecule has 0 aromatic heterocycles. The molecule has 1 aliphatic rings. The molecule has 0 spiro atoms. The van der Waals surface area contributed by atoms with E-state index in [1.54, 1.807) is 6.21 Å². The second kappa shape index (κ2) is 3.25. The Labute approximate surface area is 59.1 Å². The molecule has 0 saturated carbocycles. The molecule has 0 aliphatic carbocycles. The van der Waals surface area contributed by atoms with Gasteiger partial charge in [-0.25, -0.2) is 0 Å². The summed E-state index contributed by atoms with van der Waals surface area (Å²) in [6.45, 7) is 0. The first-order valence-corrected chi connectivity index (χ1v) is 3.05. The summed E-state index contributed by atoms with van der Waals surface area (Å²) in [7, 11) is 0. The summed E-state index contributed by atoms with van der Waals surface area (Å²) in [6, 6.07) is 0. The highest BCUT2D eigenvalue weighted by Crippen LogP contribution is 2.02. The van der Waals surface area contributed by atoms with E-state index in [9.17, 15) is 0 Å². The summed E-state index contributed by atoms with van der Waals surface area (Å²) in [4.78, 5) is 3.97. The van der Waals surface area contributed by atoms with E-state index in [1.165, 1.54) is 5.54 Å². The first-order valence-electron chi connectivity index (χ1n) is 2.61. The average Bonchev–Trinajstić information content (AvgIpc) is 2.13. The van der Waals surface area contributed by atoms with Crippen molar-refractivity contribution in [1.82, 2.24) is 0 Å². The van der Waals surface area contributed by atoms with Crippen molar-refractivity contribution in [3.05, 3.63) is 35.5 Å². The molecule has 0 fully saturated rings. The Bertz CT molecular complexity index is 181. The van der Waals surface area contributed by atoms with Crippen molar-refractivity contribution in [2.45, 2.75) is 0 Å². The number of halogens is 1. The minimum Gasteiger partial charge on any atom is -0.256 e. The Morgan fingerprint density at radius 3 is 3.00 bits per heavy atom. The van der Waals surface area contributed by atoms with Crippen LogP contribution in [0.1, 0.15) is 0 Å². The van der Waals surface area contributed by atoms with Gasteiger partial charge in [0.05, 0.1) is 5.70 Å². The predicted molar refractivity (Wildman–Crippen MR) is 40.7 cm³/mol. The van der Waals surface area contributed by atoms with Crippen molar-refractivity contribution in [3.8, 4) is 0 Å². The lowest BCUT2D eigenvalue weighted by atomic mass is 10.4. The van der Waals surface area contributed by atoms with Gasteiger partial charge < -0.3 is 0 Å². The molecule has 2 heteroatoms. The maximum Gasteiger partial charge on any atom is 0.0742 e. The van der Waals surface area contributed by atoms with Gasteiger partial charge in [0.15, 0.2) is 0 Å². The molecule has 9 heavy (non-hydrogen) atoms. The van der Waals surface area contributed by atoms with Crippen LogP contribution in [-0.2, 0) is 0 Å². The summed E-state index contributed by atoms with van der Waals surface area (Å²) >= 11 is 5.40. The Morgan fingerprint density at radius 2 is 2.22 bits per heavy atom. The van der Waals surface area contributed by atoms with E-state index in [-0.39, 0.29) is 0 Å². The third-order valence-electron chi connectivity index (χ3n) is 0.911. The van der Waals surface area contributed by atoms with Crippen LogP contribution in [0.3, 0.4) is 0 Å². The number of aliphatic imine (C=N–C) groups is 1. The molecule has 1 rings (SSSR count). The minimum atomic E-state index is 0.779. The van der Waals surface area contributed by atoms with Crippen molar-refractivity contribution >= 4 is 17.8 Å². The minimum absolute atomic E-state index is 0.779. The van der Waals surface area contributed by atoms with E-state index in [2.05, 4.69) is 4.99 Å². The van der Waals surface area contributed by atoms with Crippen molar-refractivity contribution in [1.29, 1.82) is 0 Å². The molecule has 0 radical (unpaired) electrons. The highest BCUT2D eigenvalue weighted by molar-refractivity contribution is 6.25. The van der Waals surface area contributed by atoms with Crippen LogP contribution in [0.4, 0.5) is 0 Å². The molecule has 0 atom stereocenters. The SMILES string of the molecule is ClC=C1C=CC=CC=N1. The molecule has 0 unspecified atom stereocenters. The topological polar surface area (TPSA) is 12.4 Å². The van der Waals surface area contributed by atoms with Gasteiger partial charge in [0.1, 0.15) is 0 Å². The van der Waals surface area contributed by atoms with E-state index in [0.717, 1.165) is 5.70 Å². The van der Waals surface area contributed by atoms with Gasteiger partial charge in [-0.05, 0) is 12.2 Å². The zero-order valence-corrected chi connectivity index (χ0v) is 5.55. The smallest absolute Gasteiger partial charge is 0.0742 e. The third kappa shape index (κ3) is 1.86. The van der Waals surface area contributed by atoms with Gasteiger partial charge >= 0.3 is 0 Å². The molecular weight excluding hydrogens is 134 g/mol. The van der Waals surface area contributed by atoms with Gasteiger partial charge in [0.2, 0.25) is 0 Å². The predicted octanol–water partition coefficient (Wildman–Crippen LogP) is 2.26. The van der Waals surface area contributed by atoms with Crippen molar-refractivity contribution in [3.63, 3.8) is 0 Å². The molecule has 0 aromatic rings. The Kier molecular flexibility index (Phi) is 2.28. The van der Waals surface area contributed by atoms with Crippen LogP contribution < -0.4 is 0 Å². The number of allylic oxidation sites excluding steroid dienone is 4. The van der Waals surface area contributed by atoms with Gasteiger partial charge in [-0.3, -0.25) is 4.99 Å². The maximum atomic E-state index is 5.40. The largest absolute Gasteiger partial charge is 0.256 e. The second-order valence-electron chi connectivity index (χ2n) is 1.56. The fourth-order valence-corrected chi connectivity index (χ4v) is 0.634. The van der Waals surface area contributed by atoms with Crippen LogP contribution in [0.2, 0.25) is 0 Å². The normalized spacial score (nSPS) is 20.8.